The summed E-state index contributed by atoms with van der Waals surface area (Å²) in [5.41, 5.74) is 11.0. The van der Waals surface area contributed by atoms with Crippen molar-refractivity contribution in [1.82, 2.24) is 0 Å². The van der Waals surface area contributed by atoms with Gasteiger partial charge in [0.25, 0.3) is 0 Å². The lowest BCUT2D eigenvalue weighted by Crippen LogP contribution is -2.12. The van der Waals surface area contributed by atoms with E-state index < -0.39 is 0 Å². The van der Waals surface area contributed by atoms with Crippen molar-refractivity contribution in [2.45, 2.75) is 11.8 Å². The molecule has 4 aromatic carbocycles. The molecule has 4 aromatic rings. The predicted octanol–water partition coefficient (Wildman–Crippen LogP) is 7.66. The minimum atomic E-state index is 0.304. The van der Waals surface area contributed by atoms with Gasteiger partial charge in [-0.2, -0.15) is 0 Å². The second-order valence-corrected chi connectivity index (χ2v) is 8.14. The van der Waals surface area contributed by atoms with Gasteiger partial charge in [-0.25, -0.2) is 0 Å². The molecule has 0 spiro atoms. The molecule has 0 N–H and O–H groups in total. The van der Waals surface area contributed by atoms with Crippen LogP contribution in [0.1, 0.15) is 45.2 Å². The molecule has 2 aliphatic carbocycles. The molecule has 6 rings (SSSR count). The summed E-state index contributed by atoms with van der Waals surface area (Å²) in [6.07, 6.45) is 4.80. The van der Waals surface area contributed by atoms with E-state index in [-0.39, 0.29) is 0 Å². The Morgan fingerprint density at radius 2 is 0.733 bits per heavy atom. The topological polar surface area (TPSA) is 0 Å². The van der Waals surface area contributed by atoms with Gasteiger partial charge >= 0.3 is 0 Å². The van der Waals surface area contributed by atoms with E-state index in [2.05, 4.69) is 121 Å². The highest BCUT2D eigenvalue weighted by Crippen LogP contribution is 2.57. The molecule has 2 atom stereocenters. The van der Waals surface area contributed by atoms with E-state index >= 15 is 0 Å². The van der Waals surface area contributed by atoms with Crippen LogP contribution in [-0.2, 0) is 0 Å². The summed E-state index contributed by atoms with van der Waals surface area (Å²) in [5, 5.41) is 0. The third-order valence-electron chi connectivity index (χ3n) is 6.50. The first-order valence-corrected chi connectivity index (χ1v) is 10.6. The zero-order valence-corrected chi connectivity index (χ0v) is 16.7. The van der Waals surface area contributed by atoms with Crippen molar-refractivity contribution in [3.05, 3.63) is 143 Å². The molecule has 0 nitrogen and oxygen atoms in total. The highest BCUT2D eigenvalue weighted by molar-refractivity contribution is 5.99. The Morgan fingerprint density at radius 3 is 1.17 bits per heavy atom. The molecule has 0 aliphatic heterocycles. The van der Waals surface area contributed by atoms with Crippen molar-refractivity contribution in [1.29, 1.82) is 0 Å². The second kappa shape index (κ2) is 7.00. The van der Waals surface area contributed by atoms with Crippen LogP contribution >= 0.6 is 0 Å². The maximum atomic E-state index is 2.40. The van der Waals surface area contributed by atoms with E-state index in [1.54, 1.807) is 0 Å². The Labute approximate surface area is 177 Å². The van der Waals surface area contributed by atoms with E-state index in [0.717, 1.165) is 0 Å². The lowest BCUT2D eigenvalue weighted by Gasteiger charge is -2.28. The fourth-order valence-electron chi connectivity index (χ4n) is 5.21. The first-order chi connectivity index (χ1) is 14.9. The third-order valence-corrected chi connectivity index (χ3v) is 6.50. The van der Waals surface area contributed by atoms with Gasteiger partial charge in [-0.15, -0.1) is 0 Å². The Hall–Kier alpha value is -3.64. The van der Waals surface area contributed by atoms with Crippen LogP contribution in [0.25, 0.3) is 23.3 Å². The summed E-state index contributed by atoms with van der Waals surface area (Å²) in [5.74, 6) is 0.609. The Morgan fingerprint density at radius 1 is 0.367 bits per heavy atom. The lowest BCUT2D eigenvalue weighted by atomic mass is 9.74. The molecule has 30 heavy (non-hydrogen) atoms. The van der Waals surface area contributed by atoms with Crippen LogP contribution in [0, 0.1) is 0 Å². The monoisotopic (exact) mass is 382 g/mol. The van der Waals surface area contributed by atoms with Crippen molar-refractivity contribution in [2.75, 3.05) is 0 Å². The Balaban J connectivity index is 1.58. The third kappa shape index (κ3) is 2.69. The van der Waals surface area contributed by atoms with Gasteiger partial charge in [-0.3, -0.25) is 0 Å². The lowest BCUT2D eigenvalue weighted by molar-refractivity contribution is 0.787. The highest BCUT2D eigenvalue weighted by Gasteiger charge is 2.39. The minimum Gasteiger partial charge on any atom is -0.0622 e. The summed E-state index contributed by atoms with van der Waals surface area (Å²) in [6, 6.07) is 39.6. The number of hydrogen-bond donors (Lipinski definition) is 0. The van der Waals surface area contributed by atoms with Gasteiger partial charge in [0, 0.05) is 11.8 Å². The molecule has 0 heteroatoms. The van der Waals surface area contributed by atoms with Crippen molar-refractivity contribution in [3.8, 4) is 0 Å². The standard InChI is InChI=1S/C30H22/c1-3-11-21(12-4-1)27-19-23-15-7-9-17-25(23)29(27)30-26-18-10-8-16-24(26)20-28(30)22-13-5-2-6-14-22/h1-20,29-30H/t29-,30+. The zero-order chi connectivity index (χ0) is 19.9. The average Bonchev–Trinajstić information content (AvgIpc) is 3.38. The molecule has 0 radical (unpaired) electrons. The van der Waals surface area contributed by atoms with Crippen molar-refractivity contribution in [2.24, 2.45) is 0 Å². The molecule has 0 heterocycles. The van der Waals surface area contributed by atoms with E-state index in [1.807, 2.05) is 0 Å². The van der Waals surface area contributed by atoms with Gasteiger partial charge < -0.3 is 0 Å². The molecular weight excluding hydrogens is 360 g/mol. The molecule has 142 valence electrons. The Bertz CT molecular complexity index is 1170. The SMILES string of the molecule is C1=C(c2ccccc2)[C@@H]([C@H]2C(c3ccccc3)=Cc3ccccc32)c2ccccc21. The van der Waals surface area contributed by atoms with Crippen LogP contribution in [0.3, 0.4) is 0 Å². The number of fused-ring (bicyclic) bond motifs is 2. The second-order valence-electron chi connectivity index (χ2n) is 8.14. The van der Waals surface area contributed by atoms with Crippen LogP contribution in [0.2, 0.25) is 0 Å². The normalized spacial score (nSPS) is 19.1. The maximum Gasteiger partial charge on any atom is 0.0211 e. The van der Waals surface area contributed by atoms with Crippen molar-refractivity contribution < 1.29 is 0 Å². The summed E-state index contributed by atoms with van der Waals surface area (Å²) >= 11 is 0. The first kappa shape index (κ1) is 17.2. The van der Waals surface area contributed by atoms with Crippen LogP contribution in [-0.4, -0.2) is 0 Å². The molecule has 0 unspecified atom stereocenters. The molecule has 0 saturated heterocycles. The number of allylic oxidation sites excluding steroid dienone is 2. The molecule has 0 saturated carbocycles. The van der Waals surface area contributed by atoms with Crippen LogP contribution in [0.15, 0.2) is 109 Å². The van der Waals surface area contributed by atoms with Crippen LogP contribution in [0.4, 0.5) is 0 Å². The molecule has 0 fully saturated rings. The summed E-state index contributed by atoms with van der Waals surface area (Å²) in [6.45, 7) is 0. The first-order valence-electron chi connectivity index (χ1n) is 10.6. The maximum absolute atomic E-state index is 2.40. The fraction of sp³-hybridized carbons (Fsp3) is 0.0667. The van der Waals surface area contributed by atoms with E-state index in [4.69, 9.17) is 0 Å². The quantitative estimate of drug-likeness (QED) is 0.341. The Kier molecular flexibility index (Phi) is 4.02. The van der Waals surface area contributed by atoms with Gasteiger partial charge in [0.1, 0.15) is 0 Å². The molecule has 0 bridgehead atoms. The van der Waals surface area contributed by atoms with E-state index in [9.17, 15) is 0 Å². The smallest absolute Gasteiger partial charge is 0.0211 e. The van der Waals surface area contributed by atoms with Gasteiger partial charge in [-0.1, -0.05) is 121 Å². The molecular formula is C30H22. The average molecular weight is 383 g/mol. The zero-order valence-electron chi connectivity index (χ0n) is 16.7. The van der Waals surface area contributed by atoms with E-state index in [0.29, 0.717) is 11.8 Å². The molecule has 2 aliphatic rings. The van der Waals surface area contributed by atoms with Gasteiger partial charge in [-0.05, 0) is 44.5 Å². The molecule has 0 aromatic heterocycles. The summed E-state index contributed by atoms with van der Waals surface area (Å²) in [7, 11) is 0. The van der Waals surface area contributed by atoms with Gasteiger partial charge in [0.05, 0.1) is 0 Å². The highest BCUT2D eigenvalue weighted by atomic mass is 14.4. The predicted molar refractivity (Wildman–Crippen MR) is 127 cm³/mol. The number of hydrogen-bond acceptors (Lipinski definition) is 0. The summed E-state index contributed by atoms with van der Waals surface area (Å²) < 4.78 is 0. The van der Waals surface area contributed by atoms with Gasteiger partial charge in [0.2, 0.25) is 0 Å². The molecule has 0 amide bonds. The van der Waals surface area contributed by atoms with Crippen LogP contribution in [0.5, 0.6) is 0 Å². The van der Waals surface area contributed by atoms with E-state index in [1.165, 1.54) is 44.5 Å². The fourth-order valence-corrected chi connectivity index (χ4v) is 5.21. The van der Waals surface area contributed by atoms with Crippen molar-refractivity contribution in [3.63, 3.8) is 0 Å². The largest absolute Gasteiger partial charge is 0.0622 e. The van der Waals surface area contributed by atoms with Gasteiger partial charge in [0.15, 0.2) is 0 Å². The minimum absolute atomic E-state index is 0.304. The number of benzene rings is 4. The summed E-state index contributed by atoms with van der Waals surface area (Å²) in [4.78, 5) is 0. The number of rotatable bonds is 3. The van der Waals surface area contributed by atoms with Crippen molar-refractivity contribution >= 4 is 23.3 Å². The van der Waals surface area contributed by atoms with Crippen LogP contribution < -0.4 is 0 Å².